The second-order valence-electron chi connectivity index (χ2n) is 6.46. The van der Waals surface area contributed by atoms with E-state index in [1.807, 2.05) is 0 Å². The van der Waals surface area contributed by atoms with Gasteiger partial charge in [-0.1, -0.05) is 18.2 Å². The third kappa shape index (κ3) is 4.19. The number of carbonyl (C=O) groups excluding carboxylic acids is 2. The van der Waals surface area contributed by atoms with Crippen LogP contribution >= 0.6 is 0 Å². The van der Waals surface area contributed by atoms with E-state index >= 15 is 0 Å². The minimum absolute atomic E-state index is 0.0942. The van der Waals surface area contributed by atoms with Crippen LogP contribution in [0.3, 0.4) is 0 Å². The Bertz CT molecular complexity index is 923. The van der Waals surface area contributed by atoms with Gasteiger partial charge in [-0.05, 0) is 49.2 Å². The second kappa shape index (κ2) is 7.92. The van der Waals surface area contributed by atoms with Crippen molar-refractivity contribution in [2.45, 2.75) is 23.8 Å². The van der Waals surface area contributed by atoms with Crippen molar-refractivity contribution in [1.82, 2.24) is 4.90 Å². The molecule has 2 aromatic rings. The van der Waals surface area contributed by atoms with Crippen LogP contribution in [-0.2, 0) is 14.6 Å². The largest absolute Gasteiger partial charge is 0.465 e. The van der Waals surface area contributed by atoms with Crippen LogP contribution in [0.2, 0.25) is 0 Å². The topological polar surface area (TPSA) is 80.8 Å². The van der Waals surface area contributed by atoms with Crippen LogP contribution in [0.25, 0.3) is 0 Å². The van der Waals surface area contributed by atoms with E-state index in [0.29, 0.717) is 24.1 Å². The Morgan fingerprint density at radius 1 is 1.04 bits per heavy atom. The maximum Gasteiger partial charge on any atom is 0.337 e. The van der Waals surface area contributed by atoms with E-state index in [9.17, 15) is 18.0 Å². The fourth-order valence-electron chi connectivity index (χ4n) is 3.29. The van der Waals surface area contributed by atoms with Gasteiger partial charge in [-0.3, -0.25) is 4.79 Å². The minimum atomic E-state index is -3.47. The maximum atomic E-state index is 12.8. The molecule has 1 heterocycles. The summed E-state index contributed by atoms with van der Waals surface area (Å²) in [6, 6.07) is 14.1. The predicted molar refractivity (Wildman–Crippen MR) is 100 cm³/mol. The van der Waals surface area contributed by atoms with E-state index in [-0.39, 0.29) is 22.6 Å². The highest BCUT2D eigenvalue weighted by Gasteiger charge is 2.33. The smallest absolute Gasteiger partial charge is 0.337 e. The van der Waals surface area contributed by atoms with Crippen molar-refractivity contribution in [2.75, 3.05) is 19.4 Å². The molecule has 0 aliphatic carbocycles. The highest BCUT2D eigenvalue weighted by molar-refractivity contribution is 7.91. The number of hydrogen-bond donors (Lipinski definition) is 0. The van der Waals surface area contributed by atoms with Gasteiger partial charge in [0, 0.05) is 18.2 Å². The van der Waals surface area contributed by atoms with Gasteiger partial charge in [-0.2, -0.15) is 0 Å². The maximum absolute atomic E-state index is 12.8. The lowest BCUT2D eigenvalue weighted by Gasteiger charge is -2.24. The summed E-state index contributed by atoms with van der Waals surface area (Å²) in [5.41, 5.74) is 0.783. The number of benzene rings is 2. The molecule has 1 fully saturated rings. The van der Waals surface area contributed by atoms with Crippen LogP contribution in [-0.4, -0.2) is 50.6 Å². The van der Waals surface area contributed by atoms with Crippen LogP contribution in [0.15, 0.2) is 59.5 Å². The molecule has 1 atom stereocenters. The van der Waals surface area contributed by atoms with Crippen molar-refractivity contribution in [2.24, 2.45) is 0 Å². The van der Waals surface area contributed by atoms with Gasteiger partial charge in [-0.15, -0.1) is 0 Å². The summed E-state index contributed by atoms with van der Waals surface area (Å²) in [5.74, 6) is -0.789. The number of sulfone groups is 1. The third-order valence-corrected chi connectivity index (χ3v) is 6.52. The summed E-state index contributed by atoms with van der Waals surface area (Å²) in [6.45, 7) is 0.520. The molecule has 1 aliphatic rings. The molecule has 0 aromatic heterocycles. The number of ether oxygens (including phenoxy) is 1. The first-order chi connectivity index (χ1) is 12.9. The first-order valence-electron chi connectivity index (χ1n) is 8.69. The molecule has 1 amide bonds. The Balaban J connectivity index is 1.76. The molecule has 2 aromatic carbocycles. The Labute approximate surface area is 158 Å². The molecule has 0 saturated carbocycles. The minimum Gasteiger partial charge on any atom is -0.465 e. The van der Waals surface area contributed by atoms with E-state index in [2.05, 4.69) is 4.74 Å². The lowest BCUT2D eigenvalue weighted by molar-refractivity contribution is 0.0599. The Morgan fingerprint density at radius 3 is 2.30 bits per heavy atom. The van der Waals surface area contributed by atoms with Gasteiger partial charge in [0.1, 0.15) is 0 Å². The van der Waals surface area contributed by atoms with E-state index in [0.717, 1.165) is 6.42 Å². The monoisotopic (exact) mass is 387 g/mol. The van der Waals surface area contributed by atoms with Gasteiger partial charge in [0.15, 0.2) is 9.84 Å². The molecule has 0 radical (unpaired) electrons. The molecule has 0 bridgehead atoms. The summed E-state index contributed by atoms with van der Waals surface area (Å²) >= 11 is 0. The standard InChI is InChI=1S/C20H21NO5S/c1-26-20(23)16-11-9-15(10-12-16)19(22)21-13-5-6-17(21)14-27(24,25)18-7-3-2-4-8-18/h2-4,7-12,17H,5-6,13-14H2,1H3. The number of likely N-dealkylation sites (tertiary alicyclic amines) is 1. The first-order valence-corrected chi connectivity index (χ1v) is 10.3. The molecule has 1 unspecified atom stereocenters. The molecular formula is C20H21NO5S. The number of methoxy groups -OCH3 is 1. The lowest BCUT2D eigenvalue weighted by atomic mass is 10.1. The number of rotatable bonds is 5. The van der Waals surface area contributed by atoms with Crippen molar-refractivity contribution < 1.29 is 22.7 Å². The summed E-state index contributed by atoms with van der Waals surface area (Å²) in [5, 5.41) is 0. The number of hydrogen-bond acceptors (Lipinski definition) is 5. The molecule has 27 heavy (non-hydrogen) atoms. The fourth-order valence-corrected chi connectivity index (χ4v) is 4.90. The van der Waals surface area contributed by atoms with Gasteiger partial charge in [-0.25, -0.2) is 13.2 Å². The number of esters is 1. The third-order valence-electron chi connectivity index (χ3n) is 4.71. The Kier molecular flexibility index (Phi) is 5.60. The Hall–Kier alpha value is -2.67. The fraction of sp³-hybridized carbons (Fsp3) is 0.300. The van der Waals surface area contributed by atoms with E-state index in [4.69, 9.17) is 0 Å². The zero-order chi connectivity index (χ0) is 19.4. The van der Waals surface area contributed by atoms with Crippen molar-refractivity contribution in [1.29, 1.82) is 0 Å². The molecule has 0 N–H and O–H groups in total. The zero-order valence-corrected chi connectivity index (χ0v) is 15.8. The summed E-state index contributed by atoms with van der Waals surface area (Å²) in [4.78, 5) is 26.2. The van der Waals surface area contributed by atoms with Gasteiger partial charge in [0.05, 0.1) is 23.3 Å². The van der Waals surface area contributed by atoms with Crippen molar-refractivity contribution in [3.63, 3.8) is 0 Å². The Morgan fingerprint density at radius 2 is 1.67 bits per heavy atom. The average molecular weight is 387 g/mol. The highest BCUT2D eigenvalue weighted by Crippen LogP contribution is 2.24. The number of amides is 1. The van der Waals surface area contributed by atoms with Crippen molar-refractivity contribution in [3.05, 3.63) is 65.7 Å². The summed E-state index contributed by atoms with van der Waals surface area (Å²) in [6.07, 6.45) is 1.42. The van der Waals surface area contributed by atoms with E-state index in [1.165, 1.54) is 19.2 Å². The molecular weight excluding hydrogens is 366 g/mol. The van der Waals surface area contributed by atoms with Crippen molar-refractivity contribution >= 4 is 21.7 Å². The van der Waals surface area contributed by atoms with Crippen LogP contribution in [0.4, 0.5) is 0 Å². The van der Waals surface area contributed by atoms with Crippen LogP contribution in [0.5, 0.6) is 0 Å². The van der Waals surface area contributed by atoms with Crippen LogP contribution in [0.1, 0.15) is 33.6 Å². The molecule has 1 saturated heterocycles. The predicted octanol–water partition coefficient (Wildman–Crippen LogP) is 2.55. The average Bonchev–Trinajstić information content (AvgIpc) is 3.15. The first kappa shape index (κ1) is 19.1. The van der Waals surface area contributed by atoms with Crippen LogP contribution < -0.4 is 0 Å². The highest BCUT2D eigenvalue weighted by atomic mass is 32.2. The van der Waals surface area contributed by atoms with Gasteiger partial charge >= 0.3 is 5.97 Å². The molecule has 1 aliphatic heterocycles. The molecule has 0 spiro atoms. The number of carbonyl (C=O) groups is 2. The van der Waals surface area contributed by atoms with Gasteiger partial charge in [0.25, 0.3) is 5.91 Å². The van der Waals surface area contributed by atoms with Crippen molar-refractivity contribution in [3.8, 4) is 0 Å². The molecule has 142 valence electrons. The quantitative estimate of drug-likeness (QED) is 0.737. The van der Waals surface area contributed by atoms with Gasteiger partial charge < -0.3 is 9.64 Å². The van der Waals surface area contributed by atoms with E-state index in [1.54, 1.807) is 47.4 Å². The zero-order valence-electron chi connectivity index (χ0n) is 15.0. The molecule has 7 heteroatoms. The summed E-state index contributed by atoms with van der Waals surface area (Å²) in [7, 11) is -2.17. The van der Waals surface area contributed by atoms with Crippen LogP contribution in [0, 0.1) is 0 Å². The summed E-state index contributed by atoms with van der Waals surface area (Å²) < 4.78 is 30.0. The van der Waals surface area contributed by atoms with Gasteiger partial charge in [0.2, 0.25) is 0 Å². The molecule has 3 rings (SSSR count). The second-order valence-corrected chi connectivity index (χ2v) is 8.49. The SMILES string of the molecule is COC(=O)c1ccc(C(=O)N2CCCC2CS(=O)(=O)c2ccccc2)cc1. The lowest BCUT2D eigenvalue weighted by Crippen LogP contribution is -2.39. The van der Waals surface area contributed by atoms with E-state index < -0.39 is 15.8 Å². The molecule has 6 nitrogen and oxygen atoms in total. The normalized spacial score (nSPS) is 16.9. The number of nitrogens with zero attached hydrogens (tertiary/aromatic N) is 1.